The number of halogens is 1. The topological polar surface area (TPSA) is 47.3 Å². The maximum absolute atomic E-state index is 13.6. The third-order valence-electron chi connectivity index (χ3n) is 2.84. The molecule has 0 atom stereocenters. The summed E-state index contributed by atoms with van der Waals surface area (Å²) in [5.41, 5.74) is 6.97. The summed E-state index contributed by atoms with van der Waals surface area (Å²) in [7, 11) is 0. The molecular formula is C15H25FN2O. The Hall–Kier alpha value is -1.45. The van der Waals surface area contributed by atoms with Gasteiger partial charge in [-0.05, 0) is 25.2 Å². The number of hydrogen-bond acceptors (Lipinski definition) is 3. The monoisotopic (exact) mass is 268 g/mol. The normalized spacial score (nSPS) is 10.8. The maximum atomic E-state index is 13.6. The van der Waals surface area contributed by atoms with Crippen LogP contribution in [0.2, 0.25) is 0 Å². The SMILES string of the molecule is CCCOc1cc(NCCCC(C)C)c(N)cc1F. The fourth-order valence-corrected chi connectivity index (χ4v) is 1.78. The average Bonchev–Trinajstić information content (AvgIpc) is 2.35. The Kier molecular flexibility index (Phi) is 6.46. The van der Waals surface area contributed by atoms with E-state index in [4.69, 9.17) is 10.5 Å². The predicted molar refractivity (Wildman–Crippen MR) is 79.2 cm³/mol. The lowest BCUT2D eigenvalue weighted by atomic mass is 10.1. The van der Waals surface area contributed by atoms with Crippen molar-refractivity contribution in [3.05, 3.63) is 17.9 Å². The van der Waals surface area contributed by atoms with Crippen LogP contribution in [0.3, 0.4) is 0 Å². The van der Waals surface area contributed by atoms with Crippen LogP contribution in [0.5, 0.6) is 5.75 Å². The van der Waals surface area contributed by atoms with Gasteiger partial charge in [-0.1, -0.05) is 20.8 Å². The molecular weight excluding hydrogens is 243 g/mol. The van der Waals surface area contributed by atoms with E-state index >= 15 is 0 Å². The molecule has 0 saturated carbocycles. The Bertz CT molecular complexity index is 394. The van der Waals surface area contributed by atoms with E-state index in [2.05, 4.69) is 19.2 Å². The molecule has 0 bridgehead atoms. The first kappa shape index (κ1) is 15.6. The molecule has 0 aliphatic carbocycles. The highest BCUT2D eigenvalue weighted by Crippen LogP contribution is 2.28. The molecule has 3 N–H and O–H groups in total. The fraction of sp³-hybridized carbons (Fsp3) is 0.600. The van der Waals surface area contributed by atoms with Gasteiger partial charge in [-0.2, -0.15) is 0 Å². The first-order valence-corrected chi connectivity index (χ1v) is 7.00. The van der Waals surface area contributed by atoms with Gasteiger partial charge in [-0.3, -0.25) is 0 Å². The molecule has 0 spiro atoms. The van der Waals surface area contributed by atoms with Crippen LogP contribution in [-0.4, -0.2) is 13.2 Å². The van der Waals surface area contributed by atoms with E-state index in [0.717, 1.165) is 31.5 Å². The van der Waals surface area contributed by atoms with E-state index in [1.807, 2.05) is 6.92 Å². The summed E-state index contributed by atoms with van der Waals surface area (Å²) in [5.74, 6) is 0.553. The van der Waals surface area contributed by atoms with Crippen LogP contribution in [0.4, 0.5) is 15.8 Å². The molecule has 0 aromatic heterocycles. The molecule has 0 amide bonds. The molecule has 3 nitrogen and oxygen atoms in total. The molecule has 1 rings (SSSR count). The molecule has 0 saturated heterocycles. The average molecular weight is 268 g/mol. The van der Waals surface area contributed by atoms with Crippen LogP contribution >= 0.6 is 0 Å². The highest BCUT2D eigenvalue weighted by molar-refractivity contribution is 5.68. The highest BCUT2D eigenvalue weighted by Gasteiger charge is 2.08. The van der Waals surface area contributed by atoms with Crippen LogP contribution in [0.25, 0.3) is 0 Å². The third kappa shape index (κ3) is 5.37. The summed E-state index contributed by atoms with van der Waals surface area (Å²) in [6, 6.07) is 2.96. The van der Waals surface area contributed by atoms with Crippen molar-refractivity contribution in [2.45, 2.75) is 40.0 Å². The molecule has 0 unspecified atom stereocenters. The summed E-state index contributed by atoms with van der Waals surface area (Å²) in [6.07, 6.45) is 3.08. The zero-order valence-electron chi connectivity index (χ0n) is 12.1. The van der Waals surface area contributed by atoms with Gasteiger partial charge in [-0.25, -0.2) is 4.39 Å². The Morgan fingerprint density at radius 1 is 1.37 bits per heavy atom. The van der Waals surface area contributed by atoms with Gasteiger partial charge in [0.15, 0.2) is 11.6 Å². The molecule has 19 heavy (non-hydrogen) atoms. The quantitative estimate of drug-likeness (QED) is 0.552. The van der Waals surface area contributed by atoms with Crippen LogP contribution < -0.4 is 15.8 Å². The van der Waals surface area contributed by atoms with Gasteiger partial charge < -0.3 is 15.8 Å². The van der Waals surface area contributed by atoms with E-state index in [-0.39, 0.29) is 5.75 Å². The van der Waals surface area contributed by atoms with Gasteiger partial charge in [0, 0.05) is 18.7 Å². The summed E-state index contributed by atoms with van der Waals surface area (Å²) in [5, 5.41) is 3.24. The van der Waals surface area contributed by atoms with Crippen molar-refractivity contribution in [1.82, 2.24) is 0 Å². The van der Waals surface area contributed by atoms with Crippen molar-refractivity contribution in [3.8, 4) is 5.75 Å². The number of nitrogens with one attached hydrogen (secondary N) is 1. The summed E-state index contributed by atoms with van der Waals surface area (Å²) < 4.78 is 19.0. The summed E-state index contributed by atoms with van der Waals surface area (Å²) in [4.78, 5) is 0. The molecule has 1 aromatic rings. The van der Waals surface area contributed by atoms with Crippen molar-refractivity contribution in [2.24, 2.45) is 5.92 Å². The number of hydrogen-bond donors (Lipinski definition) is 2. The lowest BCUT2D eigenvalue weighted by molar-refractivity contribution is 0.301. The van der Waals surface area contributed by atoms with Gasteiger partial charge >= 0.3 is 0 Å². The van der Waals surface area contributed by atoms with E-state index < -0.39 is 5.82 Å². The van der Waals surface area contributed by atoms with Crippen molar-refractivity contribution >= 4 is 11.4 Å². The molecule has 0 heterocycles. The number of anilines is 2. The second kappa shape index (κ2) is 7.87. The Morgan fingerprint density at radius 2 is 2.11 bits per heavy atom. The standard InChI is InChI=1S/C15H25FN2O/c1-4-8-19-15-10-14(13(17)9-12(15)16)18-7-5-6-11(2)3/h9-11,18H,4-8,17H2,1-3H3. The lowest BCUT2D eigenvalue weighted by Gasteiger charge is -2.13. The van der Waals surface area contributed by atoms with Gasteiger partial charge in [0.1, 0.15) is 0 Å². The third-order valence-corrected chi connectivity index (χ3v) is 2.84. The van der Waals surface area contributed by atoms with Crippen molar-refractivity contribution < 1.29 is 9.13 Å². The van der Waals surface area contributed by atoms with Crippen LogP contribution in [0.1, 0.15) is 40.0 Å². The minimum Gasteiger partial charge on any atom is -0.490 e. The fourth-order valence-electron chi connectivity index (χ4n) is 1.78. The lowest BCUT2D eigenvalue weighted by Crippen LogP contribution is -2.07. The first-order valence-electron chi connectivity index (χ1n) is 7.00. The van der Waals surface area contributed by atoms with E-state index in [0.29, 0.717) is 18.2 Å². The molecule has 108 valence electrons. The Morgan fingerprint density at radius 3 is 2.74 bits per heavy atom. The Labute approximate surface area is 115 Å². The second-order valence-electron chi connectivity index (χ2n) is 5.18. The minimum absolute atomic E-state index is 0.266. The summed E-state index contributed by atoms with van der Waals surface area (Å²) >= 11 is 0. The molecule has 0 aliphatic rings. The molecule has 4 heteroatoms. The van der Waals surface area contributed by atoms with E-state index in [1.165, 1.54) is 6.07 Å². The van der Waals surface area contributed by atoms with Gasteiger partial charge in [0.05, 0.1) is 18.0 Å². The zero-order chi connectivity index (χ0) is 14.3. The van der Waals surface area contributed by atoms with Gasteiger partial charge in [-0.15, -0.1) is 0 Å². The number of benzene rings is 1. The smallest absolute Gasteiger partial charge is 0.167 e. The van der Waals surface area contributed by atoms with Crippen LogP contribution in [0, 0.1) is 11.7 Å². The van der Waals surface area contributed by atoms with Crippen molar-refractivity contribution in [3.63, 3.8) is 0 Å². The first-order chi connectivity index (χ1) is 9.04. The number of nitrogen functional groups attached to an aromatic ring is 1. The Balaban J connectivity index is 2.61. The van der Waals surface area contributed by atoms with Crippen molar-refractivity contribution in [1.29, 1.82) is 0 Å². The number of ether oxygens (including phenoxy) is 1. The van der Waals surface area contributed by atoms with Gasteiger partial charge in [0.25, 0.3) is 0 Å². The van der Waals surface area contributed by atoms with E-state index in [9.17, 15) is 4.39 Å². The highest BCUT2D eigenvalue weighted by atomic mass is 19.1. The van der Waals surface area contributed by atoms with Crippen LogP contribution in [0.15, 0.2) is 12.1 Å². The zero-order valence-corrected chi connectivity index (χ0v) is 12.1. The molecule has 0 fully saturated rings. The molecule has 1 aromatic carbocycles. The van der Waals surface area contributed by atoms with Gasteiger partial charge in [0.2, 0.25) is 0 Å². The summed E-state index contributed by atoms with van der Waals surface area (Å²) in [6.45, 7) is 7.72. The number of rotatable bonds is 8. The minimum atomic E-state index is -0.404. The molecule has 0 aliphatic heterocycles. The largest absolute Gasteiger partial charge is 0.490 e. The van der Waals surface area contributed by atoms with E-state index in [1.54, 1.807) is 6.07 Å². The van der Waals surface area contributed by atoms with Crippen LogP contribution in [-0.2, 0) is 0 Å². The van der Waals surface area contributed by atoms with Crippen molar-refractivity contribution in [2.75, 3.05) is 24.2 Å². The predicted octanol–water partition coefficient (Wildman–Crippen LogP) is 4.04. The molecule has 0 radical (unpaired) electrons. The number of nitrogens with two attached hydrogens (primary N) is 1. The second-order valence-corrected chi connectivity index (χ2v) is 5.18. The maximum Gasteiger partial charge on any atom is 0.167 e.